The Balaban J connectivity index is 2.06. The lowest BCUT2D eigenvalue weighted by atomic mass is 9.96. The van der Waals surface area contributed by atoms with Crippen LogP contribution in [-0.2, 0) is 60.8 Å². The zero-order valence-corrected chi connectivity index (χ0v) is 39.0. The number of hydrogen-bond donors (Lipinski definition) is 14. The molecule has 0 aliphatic rings. The van der Waals surface area contributed by atoms with Crippen LogP contribution in [0.5, 0.6) is 5.75 Å². The van der Waals surface area contributed by atoms with Gasteiger partial charge >= 0.3 is 11.9 Å². The SMILES string of the molecule is CC[C@H](C)[C@H](NC(=O)[C@@H](NC(=O)[C@H](CO)NC(=O)CNC(=O)[C@H](CCC(=O)O)NC(=O)[C@H](CO)NC(=O)[C@@H](N)Cc1ccccc1)C(C)C)C(=O)N[C@@H](C)C(=O)N[C@@H](Cc1ccc(O)cc1)C(=O)O. The number of aromatic hydroxyl groups is 1. The lowest BCUT2D eigenvalue weighted by Gasteiger charge is -2.29. The van der Waals surface area contributed by atoms with Crippen LogP contribution in [0, 0.1) is 11.8 Å². The molecule has 0 heterocycles. The van der Waals surface area contributed by atoms with E-state index in [1.54, 1.807) is 58.0 Å². The van der Waals surface area contributed by atoms with Crippen LogP contribution >= 0.6 is 0 Å². The van der Waals surface area contributed by atoms with Crippen LogP contribution in [0.4, 0.5) is 0 Å². The van der Waals surface area contributed by atoms with E-state index in [9.17, 15) is 73.5 Å². The minimum absolute atomic E-state index is 0.0349. The molecule has 2 aromatic carbocycles. The van der Waals surface area contributed by atoms with E-state index in [1.807, 2.05) is 0 Å². The molecule has 0 fully saturated rings. The molecule has 8 amide bonds. The van der Waals surface area contributed by atoms with E-state index in [0.717, 1.165) is 5.56 Å². The number of amides is 8. The van der Waals surface area contributed by atoms with Gasteiger partial charge in [0.15, 0.2) is 0 Å². The number of hydrogen-bond acceptors (Lipinski definition) is 14. The van der Waals surface area contributed by atoms with Crippen LogP contribution < -0.4 is 48.3 Å². The van der Waals surface area contributed by atoms with Crippen LogP contribution in [0.2, 0.25) is 0 Å². The number of carbonyl (C=O) groups excluding carboxylic acids is 8. The minimum Gasteiger partial charge on any atom is -0.508 e. The molecule has 2 aromatic rings. The lowest BCUT2D eigenvalue weighted by Crippen LogP contribution is -2.61. The molecule has 0 saturated carbocycles. The third kappa shape index (κ3) is 19.9. The Morgan fingerprint density at radius 2 is 1.09 bits per heavy atom. The number of aliphatic carboxylic acids is 2. The molecule has 0 unspecified atom stereocenters. The number of nitrogens with two attached hydrogens (primary N) is 1. The summed E-state index contributed by atoms with van der Waals surface area (Å²) in [6.45, 7) is 5.04. The van der Waals surface area contributed by atoms with Gasteiger partial charge in [-0.05, 0) is 54.9 Å². The normalized spacial score (nSPS) is 14.9. The van der Waals surface area contributed by atoms with Crippen LogP contribution in [0.3, 0.4) is 0 Å². The molecule has 24 heteroatoms. The second kappa shape index (κ2) is 28.9. The first-order valence-electron chi connectivity index (χ1n) is 22.1. The van der Waals surface area contributed by atoms with Crippen molar-refractivity contribution in [2.24, 2.45) is 17.6 Å². The van der Waals surface area contributed by atoms with Gasteiger partial charge in [-0.15, -0.1) is 0 Å². The molecular formula is C45H65N9O15. The number of nitrogens with one attached hydrogen (secondary N) is 8. The van der Waals surface area contributed by atoms with Crippen molar-refractivity contribution in [2.45, 2.75) is 115 Å². The Bertz CT molecular complexity index is 2090. The summed E-state index contributed by atoms with van der Waals surface area (Å²) in [6.07, 6.45) is -0.786. The molecule has 0 aliphatic carbocycles. The number of phenols is 1. The van der Waals surface area contributed by atoms with Crippen molar-refractivity contribution in [1.82, 2.24) is 42.5 Å². The number of benzene rings is 2. The van der Waals surface area contributed by atoms with E-state index < -0.39 is 152 Å². The summed E-state index contributed by atoms with van der Waals surface area (Å²) < 4.78 is 0. The Hall–Kier alpha value is -7.18. The largest absolute Gasteiger partial charge is 0.508 e. The number of carbonyl (C=O) groups is 10. The number of carboxylic acids is 2. The number of aliphatic hydroxyl groups excluding tert-OH is 2. The Labute approximate surface area is 398 Å². The molecule has 0 aromatic heterocycles. The quantitative estimate of drug-likeness (QED) is 0.0379. The molecule has 0 bridgehead atoms. The van der Waals surface area contributed by atoms with Gasteiger partial charge in [0.2, 0.25) is 47.3 Å². The molecule has 0 aliphatic heterocycles. The Morgan fingerprint density at radius 3 is 1.64 bits per heavy atom. The molecule has 0 spiro atoms. The fourth-order valence-electron chi connectivity index (χ4n) is 6.44. The zero-order chi connectivity index (χ0) is 52.0. The summed E-state index contributed by atoms with van der Waals surface area (Å²) in [5.41, 5.74) is 7.20. The second-order valence-corrected chi connectivity index (χ2v) is 16.7. The van der Waals surface area contributed by atoms with Crippen molar-refractivity contribution < 1.29 is 73.5 Å². The number of carboxylic acid groups (broad SMARTS) is 2. The fourth-order valence-corrected chi connectivity index (χ4v) is 6.44. The van der Waals surface area contributed by atoms with Gasteiger partial charge in [-0.25, -0.2) is 4.79 Å². The highest BCUT2D eigenvalue weighted by Gasteiger charge is 2.35. The standard InChI is InChI=1S/C45H65N9O15/c1-6-24(4)37(44(67)48-25(5)38(61)51-31(45(68)69)19-27-12-14-28(57)15-13-27)54-43(66)36(23(2)3)53-42(65)32(21-55)49-34(58)20-47-40(63)30(16-17-35(59)60)50-41(64)33(22-56)52-39(62)29(46)18-26-10-8-7-9-11-26/h7-15,23-25,29-33,36-37,55-57H,6,16-22,46H2,1-5H3,(H,47,63)(H,48,67)(H,49,58)(H,50,64)(H,51,61)(H,52,62)(H,53,65)(H,54,66)(H,59,60)(H,68,69)/t24-,25-,29-,30-,31-,32-,33-,36-,37-/m0/s1. The maximum absolute atomic E-state index is 13.7. The average Bonchev–Trinajstić information content (AvgIpc) is 3.30. The van der Waals surface area contributed by atoms with E-state index in [0.29, 0.717) is 12.0 Å². The van der Waals surface area contributed by atoms with Crippen molar-refractivity contribution in [3.63, 3.8) is 0 Å². The predicted octanol–water partition coefficient (Wildman–Crippen LogP) is -3.33. The third-order valence-corrected chi connectivity index (χ3v) is 10.8. The molecule has 380 valence electrons. The first kappa shape index (κ1) is 57.9. The molecule has 2 rings (SSSR count). The first-order valence-corrected chi connectivity index (χ1v) is 22.1. The highest BCUT2D eigenvalue weighted by molar-refractivity contribution is 5.97. The van der Waals surface area contributed by atoms with E-state index >= 15 is 0 Å². The monoisotopic (exact) mass is 971 g/mol. The maximum Gasteiger partial charge on any atom is 0.326 e. The van der Waals surface area contributed by atoms with Crippen molar-refractivity contribution >= 4 is 59.2 Å². The summed E-state index contributed by atoms with van der Waals surface area (Å²) >= 11 is 0. The third-order valence-electron chi connectivity index (χ3n) is 10.8. The van der Waals surface area contributed by atoms with Crippen molar-refractivity contribution in [2.75, 3.05) is 19.8 Å². The van der Waals surface area contributed by atoms with Gasteiger partial charge in [0, 0.05) is 12.8 Å². The highest BCUT2D eigenvalue weighted by atomic mass is 16.4. The smallest absolute Gasteiger partial charge is 0.326 e. The van der Waals surface area contributed by atoms with E-state index in [1.165, 1.54) is 31.2 Å². The van der Waals surface area contributed by atoms with Crippen molar-refractivity contribution in [3.8, 4) is 5.75 Å². The predicted molar refractivity (Wildman–Crippen MR) is 245 cm³/mol. The Kier molecular flexibility index (Phi) is 24.2. The molecular weight excluding hydrogens is 907 g/mol. The van der Waals surface area contributed by atoms with Gasteiger partial charge in [-0.1, -0.05) is 76.6 Å². The maximum atomic E-state index is 13.7. The average molecular weight is 972 g/mol. The number of rotatable bonds is 29. The van der Waals surface area contributed by atoms with Gasteiger partial charge in [-0.2, -0.15) is 0 Å². The van der Waals surface area contributed by atoms with Crippen LogP contribution in [-0.4, -0.2) is 153 Å². The molecule has 69 heavy (non-hydrogen) atoms. The van der Waals surface area contributed by atoms with Gasteiger partial charge in [0.25, 0.3) is 0 Å². The van der Waals surface area contributed by atoms with Gasteiger partial charge in [0.1, 0.15) is 48.0 Å². The van der Waals surface area contributed by atoms with Gasteiger partial charge in [0.05, 0.1) is 25.8 Å². The van der Waals surface area contributed by atoms with Crippen LogP contribution in [0.15, 0.2) is 54.6 Å². The van der Waals surface area contributed by atoms with E-state index in [2.05, 4.69) is 42.5 Å². The molecule has 9 atom stereocenters. The van der Waals surface area contributed by atoms with Crippen molar-refractivity contribution in [3.05, 3.63) is 65.7 Å². The summed E-state index contributed by atoms with van der Waals surface area (Å²) in [5.74, 6) is -11.4. The van der Waals surface area contributed by atoms with Gasteiger partial charge in [-0.3, -0.25) is 43.2 Å². The molecule has 0 radical (unpaired) electrons. The van der Waals surface area contributed by atoms with E-state index in [4.69, 9.17) is 5.73 Å². The van der Waals surface area contributed by atoms with Gasteiger partial charge < -0.3 is 73.8 Å². The van der Waals surface area contributed by atoms with E-state index in [-0.39, 0.29) is 18.6 Å². The molecule has 0 saturated heterocycles. The number of aliphatic hydroxyl groups is 2. The molecule has 24 nitrogen and oxygen atoms in total. The minimum atomic E-state index is -1.69. The topological polar surface area (TPSA) is 394 Å². The summed E-state index contributed by atoms with van der Waals surface area (Å²) in [6, 6.07) is 3.11. The first-order chi connectivity index (χ1) is 32.5. The highest BCUT2D eigenvalue weighted by Crippen LogP contribution is 2.13. The summed E-state index contributed by atoms with van der Waals surface area (Å²) in [7, 11) is 0. The fraction of sp³-hybridized carbons (Fsp3) is 0.511. The number of phenolic OH excluding ortho intramolecular Hbond substituents is 1. The van der Waals surface area contributed by atoms with Crippen LogP contribution in [0.1, 0.15) is 65.0 Å². The van der Waals surface area contributed by atoms with Crippen LogP contribution in [0.25, 0.3) is 0 Å². The second-order valence-electron chi connectivity index (χ2n) is 16.7. The lowest BCUT2D eigenvalue weighted by molar-refractivity contribution is -0.142. The summed E-state index contributed by atoms with van der Waals surface area (Å²) in [5, 5.41) is 67.1. The Morgan fingerprint density at radius 1 is 0.565 bits per heavy atom. The zero-order valence-electron chi connectivity index (χ0n) is 39.0. The van der Waals surface area contributed by atoms with Crippen molar-refractivity contribution in [1.29, 1.82) is 0 Å². The summed E-state index contributed by atoms with van der Waals surface area (Å²) in [4.78, 5) is 129. The molecule has 15 N–H and O–H groups in total.